The molecular weight excluding hydrogens is 184 g/mol. The van der Waals surface area contributed by atoms with Gasteiger partial charge in [-0.25, -0.2) is 0 Å². The molecule has 0 saturated carbocycles. The molecule has 0 amide bonds. The van der Waals surface area contributed by atoms with Crippen molar-refractivity contribution in [2.24, 2.45) is 0 Å². The highest BCUT2D eigenvalue weighted by atomic mass is 16.3. The van der Waals surface area contributed by atoms with Crippen molar-refractivity contribution in [1.82, 2.24) is 0 Å². The first-order valence-corrected chi connectivity index (χ1v) is 5.23. The molecule has 1 rings (SSSR count). The normalized spacial score (nSPS) is 13.6. The molecule has 1 nitrogen and oxygen atoms in total. The molecule has 0 unspecified atom stereocenters. The Balaban J connectivity index is 2.53. The zero-order valence-electron chi connectivity index (χ0n) is 9.19. The number of allylic oxidation sites excluding steroid dienone is 2. The highest BCUT2D eigenvalue weighted by Crippen LogP contribution is 2.17. The van der Waals surface area contributed by atoms with E-state index in [4.69, 9.17) is 0 Å². The molecule has 0 aliphatic heterocycles. The van der Waals surface area contributed by atoms with Crippen LogP contribution in [0.25, 0.3) is 0 Å². The maximum Gasteiger partial charge on any atom is 0.0824 e. The van der Waals surface area contributed by atoms with Gasteiger partial charge in [0.2, 0.25) is 0 Å². The number of benzene rings is 1. The lowest BCUT2D eigenvalue weighted by Gasteiger charge is -2.08. The van der Waals surface area contributed by atoms with Gasteiger partial charge in [-0.2, -0.15) is 0 Å². The van der Waals surface area contributed by atoms with Crippen LogP contribution in [0, 0.1) is 0 Å². The minimum atomic E-state index is -0.397. The molecule has 0 bridgehead atoms. The van der Waals surface area contributed by atoms with Crippen LogP contribution < -0.4 is 0 Å². The third-order valence-corrected chi connectivity index (χ3v) is 2.34. The fourth-order valence-electron chi connectivity index (χ4n) is 1.44. The lowest BCUT2D eigenvalue weighted by molar-refractivity contribution is 0.181. The molecule has 1 N–H and O–H groups in total. The van der Waals surface area contributed by atoms with Crippen molar-refractivity contribution in [3.05, 3.63) is 60.2 Å². The Morgan fingerprint density at radius 3 is 2.67 bits per heavy atom. The summed E-state index contributed by atoms with van der Waals surface area (Å²) in [5, 5.41) is 9.87. The Hall–Kier alpha value is -1.34. The van der Waals surface area contributed by atoms with Crippen LogP contribution in [0.5, 0.6) is 0 Å². The van der Waals surface area contributed by atoms with Crippen LogP contribution in [0.2, 0.25) is 0 Å². The summed E-state index contributed by atoms with van der Waals surface area (Å²) in [5.41, 5.74) is 2.22. The van der Waals surface area contributed by atoms with E-state index < -0.39 is 6.10 Å². The van der Waals surface area contributed by atoms with Gasteiger partial charge in [0, 0.05) is 0 Å². The Kier molecular flexibility index (Phi) is 4.85. The van der Waals surface area contributed by atoms with Crippen LogP contribution in [0.3, 0.4) is 0 Å². The summed E-state index contributed by atoms with van der Waals surface area (Å²) in [5.74, 6) is 0. The summed E-state index contributed by atoms with van der Waals surface area (Å²) in [6.45, 7) is 5.74. The number of aliphatic hydroxyl groups is 1. The second kappa shape index (κ2) is 6.20. The van der Waals surface area contributed by atoms with Gasteiger partial charge < -0.3 is 5.11 Å². The molecular formula is C14H18O. The average Bonchev–Trinajstić information content (AvgIpc) is 2.27. The molecule has 1 aromatic carbocycles. The van der Waals surface area contributed by atoms with Crippen LogP contribution in [-0.4, -0.2) is 5.11 Å². The van der Waals surface area contributed by atoms with E-state index in [-0.39, 0.29) is 0 Å². The van der Waals surface area contributed by atoms with E-state index in [1.165, 1.54) is 5.57 Å². The highest BCUT2D eigenvalue weighted by molar-refractivity contribution is 5.18. The monoisotopic (exact) mass is 202 g/mol. The molecule has 0 aliphatic carbocycles. The largest absolute Gasteiger partial charge is 0.388 e. The van der Waals surface area contributed by atoms with Crippen LogP contribution in [-0.2, 0) is 0 Å². The summed E-state index contributed by atoms with van der Waals surface area (Å²) in [4.78, 5) is 0. The summed E-state index contributed by atoms with van der Waals surface area (Å²) in [6, 6.07) is 9.73. The van der Waals surface area contributed by atoms with Crippen molar-refractivity contribution in [3.63, 3.8) is 0 Å². The zero-order chi connectivity index (χ0) is 11.1. The van der Waals surface area contributed by atoms with Crippen molar-refractivity contribution in [1.29, 1.82) is 0 Å². The second-order valence-corrected chi connectivity index (χ2v) is 3.71. The molecule has 0 saturated heterocycles. The predicted octanol–water partition coefficient (Wildman–Crippen LogP) is 3.63. The minimum Gasteiger partial charge on any atom is -0.388 e. The molecule has 0 heterocycles. The van der Waals surface area contributed by atoms with Gasteiger partial charge in [0.25, 0.3) is 0 Å². The summed E-state index contributed by atoms with van der Waals surface area (Å²) >= 11 is 0. The first-order chi connectivity index (χ1) is 7.24. The van der Waals surface area contributed by atoms with Crippen molar-refractivity contribution in [2.45, 2.75) is 25.9 Å². The Morgan fingerprint density at radius 2 is 2.07 bits per heavy atom. The maximum absolute atomic E-state index is 9.87. The van der Waals surface area contributed by atoms with Gasteiger partial charge in [0.1, 0.15) is 0 Å². The third-order valence-electron chi connectivity index (χ3n) is 2.34. The summed E-state index contributed by atoms with van der Waals surface area (Å²) in [7, 11) is 0. The van der Waals surface area contributed by atoms with Crippen LogP contribution in [0.1, 0.15) is 31.4 Å². The van der Waals surface area contributed by atoms with E-state index in [1.807, 2.05) is 36.4 Å². The molecule has 0 fully saturated rings. The third kappa shape index (κ3) is 4.13. The van der Waals surface area contributed by atoms with Gasteiger partial charge in [-0.3, -0.25) is 0 Å². The lowest BCUT2D eigenvalue weighted by Crippen LogP contribution is -1.95. The standard InChI is InChI=1S/C14H18O/c1-3-7-12(2)10-11-14(15)13-8-5-4-6-9-13/h3-6,8-10,14-15H,1,7,11H2,2H3/b12-10+/t14-/m1/s1. The maximum atomic E-state index is 9.87. The Bertz CT molecular complexity index is 324. The topological polar surface area (TPSA) is 20.2 Å². The van der Waals surface area contributed by atoms with Gasteiger partial charge in [0.05, 0.1) is 6.10 Å². The fourth-order valence-corrected chi connectivity index (χ4v) is 1.44. The van der Waals surface area contributed by atoms with E-state index in [2.05, 4.69) is 19.6 Å². The molecule has 0 aliphatic rings. The molecule has 15 heavy (non-hydrogen) atoms. The van der Waals surface area contributed by atoms with Crippen molar-refractivity contribution >= 4 is 0 Å². The van der Waals surface area contributed by atoms with Crippen molar-refractivity contribution in [3.8, 4) is 0 Å². The summed E-state index contributed by atoms with van der Waals surface area (Å²) < 4.78 is 0. The van der Waals surface area contributed by atoms with Gasteiger partial charge in [-0.15, -0.1) is 6.58 Å². The quantitative estimate of drug-likeness (QED) is 0.723. The molecule has 1 atom stereocenters. The van der Waals surface area contributed by atoms with E-state index in [0.717, 1.165) is 12.0 Å². The van der Waals surface area contributed by atoms with Crippen molar-refractivity contribution in [2.75, 3.05) is 0 Å². The highest BCUT2D eigenvalue weighted by Gasteiger charge is 2.03. The van der Waals surface area contributed by atoms with Gasteiger partial charge in [0.15, 0.2) is 0 Å². The molecule has 1 aromatic rings. The minimum absolute atomic E-state index is 0.397. The molecule has 0 aromatic heterocycles. The van der Waals surface area contributed by atoms with E-state index in [1.54, 1.807) is 0 Å². The first-order valence-electron chi connectivity index (χ1n) is 5.23. The van der Waals surface area contributed by atoms with Crippen molar-refractivity contribution < 1.29 is 5.11 Å². The number of rotatable bonds is 5. The van der Waals surface area contributed by atoms with Gasteiger partial charge in [-0.1, -0.05) is 48.1 Å². The fraction of sp³-hybridized carbons (Fsp3) is 0.286. The predicted molar refractivity (Wildman–Crippen MR) is 64.6 cm³/mol. The van der Waals surface area contributed by atoms with Crippen LogP contribution in [0.4, 0.5) is 0 Å². The van der Waals surface area contributed by atoms with Crippen LogP contribution >= 0.6 is 0 Å². The molecule has 80 valence electrons. The first kappa shape index (κ1) is 11.7. The smallest absolute Gasteiger partial charge is 0.0824 e. The van der Waals surface area contributed by atoms with E-state index in [0.29, 0.717) is 6.42 Å². The molecule has 1 heteroatoms. The number of hydrogen-bond donors (Lipinski definition) is 1. The summed E-state index contributed by atoms with van der Waals surface area (Å²) in [6.07, 6.45) is 5.11. The van der Waals surface area contributed by atoms with Gasteiger partial charge in [-0.05, 0) is 25.3 Å². The van der Waals surface area contributed by atoms with E-state index in [9.17, 15) is 5.11 Å². The molecule has 0 spiro atoms. The SMILES string of the molecule is C=CC/C(C)=C/C[C@@H](O)c1ccccc1. The van der Waals surface area contributed by atoms with Gasteiger partial charge >= 0.3 is 0 Å². The Morgan fingerprint density at radius 1 is 1.40 bits per heavy atom. The lowest BCUT2D eigenvalue weighted by atomic mass is 10.0. The Labute approximate surface area is 91.8 Å². The molecule has 0 radical (unpaired) electrons. The average molecular weight is 202 g/mol. The number of hydrogen-bond acceptors (Lipinski definition) is 1. The van der Waals surface area contributed by atoms with Crippen LogP contribution in [0.15, 0.2) is 54.6 Å². The van der Waals surface area contributed by atoms with E-state index >= 15 is 0 Å². The second-order valence-electron chi connectivity index (χ2n) is 3.71. The number of aliphatic hydroxyl groups excluding tert-OH is 1. The zero-order valence-corrected chi connectivity index (χ0v) is 9.19.